The Kier molecular flexibility index (Phi) is 3.79. The van der Waals surface area contributed by atoms with Gasteiger partial charge in [-0.05, 0) is 23.8 Å². The first-order valence-electron chi connectivity index (χ1n) is 7.75. The van der Waals surface area contributed by atoms with E-state index in [0.717, 1.165) is 11.1 Å². The van der Waals surface area contributed by atoms with Crippen LogP contribution in [0.25, 0.3) is 33.4 Å². The number of halogens is 1. The summed E-state index contributed by atoms with van der Waals surface area (Å²) in [5.41, 5.74) is 2.27. The Morgan fingerprint density at radius 2 is 1.56 bits per heavy atom. The number of hydrogen-bond acceptors (Lipinski definition) is 3. The average Bonchev–Trinajstić information content (AvgIpc) is 2.62. The van der Waals surface area contributed by atoms with Gasteiger partial charge >= 0.3 is 0 Å². The zero-order chi connectivity index (χ0) is 17.4. The van der Waals surface area contributed by atoms with Crippen LogP contribution in [-0.2, 0) is 0 Å². The molecule has 0 saturated heterocycles. The summed E-state index contributed by atoms with van der Waals surface area (Å²) in [6.07, 6.45) is 0. The summed E-state index contributed by atoms with van der Waals surface area (Å²) in [6.45, 7) is 0. The van der Waals surface area contributed by atoms with Gasteiger partial charge < -0.3 is 9.52 Å². The Hall–Kier alpha value is -3.04. The Morgan fingerprint density at radius 1 is 0.840 bits per heavy atom. The molecule has 0 bridgehead atoms. The fourth-order valence-corrected chi connectivity index (χ4v) is 3.11. The minimum Gasteiger partial charge on any atom is -0.507 e. The van der Waals surface area contributed by atoms with Gasteiger partial charge in [0.05, 0.1) is 0 Å². The van der Waals surface area contributed by atoms with E-state index in [0.29, 0.717) is 21.9 Å². The molecular formula is C21H13ClO3. The Labute approximate surface area is 148 Å². The number of rotatable bonds is 2. The smallest absolute Gasteiger partial charge is 0.197 e. The van der Waals surface area contributed by atoms with Crippen molar-refractivity contribution in [3.63, 3.8) is 0 Å². The molecule has 0 amide bonds. The van der Waals surface area contributed by atoms with E-state index in [1.54, 1.807) is 12.1 Å². The summed E-state index contributed by atoms with van der Waals surface area (Å²) in [6, 6.07) is 21.3. The molecule has 25 heavy (non-hydrogen) atoms. The quantitative estimate of drug-likeness (QED) is 0.521. The van der Waals surface area contributed by atoms with Crippen LogP contribution in [0.3, 0.4) is 0 Å². The normalized spacial score (nSPS) is 10.9. The molecule has 0 atom stereocenters. The fraction of sp³-hybridized carbons (Fsp3) is 0. The van der Waals surface area contributed by atoms with Crippen molar-refractivity contribution in [3.8, 4) is 28.2 Å². The first-order chi connectivity index (χ1) is 12.1. The van der Waals surface area contributed by atoms with Gasteiger partial charge in [0.1, 0.15) is 22.5 Å². The van der Waals surface area contributed by atoms with Gasteiger partial charge in [-0.15, -0.1) is 0 Å². The van der Waals surface area contributed by atoms with E-state index in [1.165, 1.54) is 12.1 Å². The van der Waals surface area contributed by atoms with Gasteiger partial charge in [0.2, 0.25) is 0 Å². The summed E-state index contributed by atoms with van der Waals surface area (Å²) in [5.74, 6) is 0.328. The number of hydrogen-bond donors (Lipinski definition) is 1. The van der Waals surface area contributed by atoms with Gasteiger partial charge in [0, 0.05) is 22.2 Å². The van der Waals surface area contributed by atoms with Crippen LogP contribution >= 0.6 is 11.6 Å². The molecule has 3 nitrogen and oxygen atoms in total. The molecule has 0 aliphatic heterocycles. The molecule has 0 spiro atoms. The van der Waals surface area contributed by atoms with Gasteiger partial charge in [-0.25, -0.2) is 0 Å². The number of phenols is 1. The maximum absolute atomic E-state index is 12.5. The maximum Gasteiger partial charge on any atom is 0.197 e. The van der Waals surface area contributed by atoms with E-state index in [9.17, 15) is 9.90 Å². The minimum absolute atomic E-state index is 0.124. The highest BCUT2D eigenvalue weighted by atomic mass is 35.5. The van der Waals surface area contributed by atoms with Crippen molar-refractivity contribution in [2.24, 2.45) is 0 Å². The van der Waals surface area contributed by atoms with E-state index < -0.39 is 0 Å². The van der Waals surface area contributed by atoms with Crippen LogP contribution in [0.1, 0.15) is 0 Å². The third kappa shape index (κ3) is 2.79. The number of phenolic OH excluding ortho intramolecular Hbond substituents is 1. The highest BCUT2D eigenvalue weighted by Gasteiger charge is 2.14. The standard InChI is InChI=1S/C21H13ClO3/c22-16-9-5-4-8-15(16)14-10-17(23)21-18(24)12-19(25-20(21)11-14)13-6-2-1-3-7-13/h1-12,23H. The highest BCUT2D eigenvalue weighted by molar-refractivity contribution is 6.33. The average molecular weight is 349 g/mol. The predicted octanol–water partition coefficient (Wildman–Crippen LogP) is 5.49. The van der Waals surface area contributed by atoms with Crippen molar-refractivity contribution < 1.29 is 9.52 Å². The van der Waals surface area contributed by atoms with Crippen molar-refractivity contribution in [3.05, 3.63) is 88.0 Å². The molecule has 1 aromatic heterocycles. The zero-order valence-electron chi connectivity index (χ0n) is 13.1. The Balaban J connectivity index is 1.99. The monoisotopic (exact) mass is 348 g/mol. The number of aromatic hydroxyl groups is 1. The summed E-state index contributed by atoms with van der Waals surface area (Å²) in [7, 11) is 0. The second-order valence-corrected chi connectivity index (χ2v) is 6.10. The van der Waals surface area contributed by atoms with Gasteiger partial charge in [-0.3, -0.25) is 4.79 Å². The summed E-state index contributed by atoms with van der Waals surface area (Å²) in [5, 5.41) is 11.1. The van der Waals surface area contributed by atoms with Crippen molar-refractivity contribution >= 4 is 22.6 Å². The molecule has 122 valence electrons. The molecule has 0 aliphatic rings. The lowest BCUT2D eigenvalue weighted by Crippen LogP contribution is -2.01. The van der Waals surface area contributed by atoms with Crippen molar-refractivity contribution in [1.82, 2.24) is 0 Å². The van der Waals surface area contributed by atoms with Crippen molar-refractivity contribution in [1.29, 1.82) is 0 Å². The SMILES string of the molecule is O=c1cc(-c2ccccc2)oc2cc(-c3ccccc3Cl)cc(O)c12. The minimum atomic E-state index is -0.289. The molecule has 0 radical (unpaired) electrons. The number of benzene rings is 3. The lowest BCUT2D eigenvalue weighted by atomic mass is 10.0. The fourth-order valence-electron chi connectivity index (χ4n) is 2.86. The Bertz CT molecular complexity index is 1130. The van der Waals surface area contributed by atoms with Gasteiger partial charge in [-0.2, -0.15) is 0 Å². The van der Waals surface area contributed by atoms with Gasteiger partial charge in [0.25, 0.3) is 0 Å². The van der Waals surface area contributed by atoms with Crippen molar-refractivity contribution in [2.75, 3.05) is 0 Å². The molecule has 4 heteroatoms. The molecular weight excluding hydrogens is 336 g/mol. The van der Waals surface area contributed by atoms with Crippen LogP contribution in [0, 0.1) is 0 Å². The van der Waals surface area contributed by atoms with Crippen LogP contribution in [0.5, 0.6) is 5.75 Å². The third-order valence-corrected chi connectivity index (χ3v) is 4.38. The molecule has 3 aromatic carbocycles. The van der Waals surface area contributed by atoms with Crippen LogP contribution in [-0.4, -0.2) is 5.11 Å². The van der Waals surface area contributed by atoms with Crippen LogP contribution < -0.4 is 5.43 Å². The van der Waals surface area contributed by atoms with E-state index in [-0.39, 0.29) is 16.6 Å². The van der Waals surface area contributed by atoms with E-state index in [1.807, 2.05) is 48.5 Å². The lowest BCUT2D eigenvalue weighted by Gasteiger charge is -2.09. The summed E-state index contributed by atoms with van der Waals surface area (Å²) in [4.78, 5) is 12.5. The van der Waals surface area contributed by atoms with Crippen LogP contribution in [0.2, 0.25) is 5.02 Å². The third-order valence-electron chi connectivity index (χ3n) is 4.05. The molecule has 1 N–H and O–H groups in total. The topological polar surface area (TPSA) is 50.4 Å². The van der Waals surface area contributed by atoms with E-state index >= 15 is 0 Å². The molecule has 0 aliphatic carbocycles. The second kappa shape index (κ2) is 6.11. The summed E-state index contributed by atoms with van der Waals surface area (Å²) < 4.78 is 5.91. The number of fused-ring (bicyclic) bond motifs is 1. The molecule has 1 heterocycles. The predicted molar refractivity (Wildman–Crippen MR) is 100 cm³/mol. The first-order valence-corrected chi connectivity index (χ1v) is 8.12. The molecule has 0 saturated carbocycles. The maximum atomic E-state index is 12.5. The molecule has 4 aromatic rings. The van der Waals surface area contributed by atoms with Crippen LogP contribution in [0.4, 0.5) is 0 Å². The Morgan fingerprint density at radius 3 is 2.32 bits per heavy atom. The summed E-state index contributed by atoms with van der Waals surface area (Å²) >= 11 is 6.25. The molecule has 4 rings (SSSR count). The largest absolute Gasteiger partial charge is 0.507 e. The molecule has 0 fully saturated rings. The van der Waals surface area contributed by atoms with E-state index in [2.05, 4.69) is 0 Å². The highest BCUT2D eigenvalue weighted by Crippen LogP contribution is 2.35. The van der Waals surface area contributed by atoms with Crippen molar-refractivity contribution in [2.45, 2.75) is 0 Å². The van der Waals surface area contributed by atoms with Gasteiger partial charge in [0.15, 0.2) is 5.43 Å². The second-order valence-electron chi connectivity index (χ2n) is 5.69. The van der Waals surface area contributed by atoms with Gasteiger partial charge in [-0.1, -0.05) is 60.1 Å². The lowest BCUT2D eigenvalue weighted by molar-refractivity contribution is 0.480. The molecule has 0 unspecified atom stereocenters. The van der Waals surface area contributed by atoms with Crippen LogP contribution in [0.15, 0.2) is 82.0 Å². The zero-order valence-corrected chi connectivity index (χ0v) is 13.8. The van der Waals surface area contributed by atoms with E-state index in [4.69, 9.17) is 16.0 Å². The first kappa shape index (κ1) is 15.5.